The van der Waals surface area contributed by atoms with E-state index in [0.717, 1.165) is 12.1 Å². The third-order valence-corrected chi connectivity index (χ3v) is 1.28. The zero-order valence-electron chi connectivity index (χ0n) is 8.47. The molecule has 0 radical (unpaired) electrons. The van der Waals surface area contributed by atoms with Gasteiger partial charge in [-0.1, -0.05) is 6.07 Å². The van der Waals surface area contributed by atoms with Gasteiger partial charge in [0.15, 0.2) is 0 Å². The predicted octanol–water partition coefficient (Wildman–Crippen LogP) is -0.593. The van der Waals surface area contributed by atoms with E-state index in [4.69, 9.17) is 4.74 Å². The van der Waals surface area contributed by atoms with Gasteiger partial charge in [0.05, 0.1) is 6.61 Å². The Labute approximate surface area is 118 Å². The second-order valence-corrected chi connectivity index (χ2v) is 2.37. The molecule has 0 spiro atoms. The van der Waals surface area contributed by atoms with Crippen molar-refractivity contribution in [1.29, 1.82) is 0 Å². The molecule has 0 saturated carbocycles. The van der Waals surface area contributed by atoms with Gasteiger partial charge >= 0.3 is 29.4 Å². The zero-order valence-corrected chi connectivity index (χ0v) is 11.5. The van der Waals surface area contributed by atoms with Crippen molar-refractivity contribution in [3.05, 3.63) is 24.3 Å². The Kier molecular flexibility index (Phi) is 9.14. The van der Waals surface area contributed by atoms with Gasteiger partial charge in [-0.3, -0.25) is 0 Å². The SMILES string of the molecule is CCOc1[c-]ccc(OC(F)(F)F)c1.[Br-].[Mg+2]. The number of hydrogen-bond acceptors (Lipinski definition) is 2. The van der Waals surface area contributed by atoms with E-state index in [9.17, 15) is 13.2 Å². The molecule has 86 valence electrons. The standard InChI is InChI=1S/C9H8F3O2.BrH.Mg/c1-2-13-7-4-3-5-8(6-7)14-9(10,11)12;;/h3,5-6H,2H2,1H3;1H;/q-1;;+2/p-1. The number of hydrogen-bond donors (Lipinski definition) is 0. The minimum atomic E-state index is -4.68. The largest absolute Gasteiger partial charge is 2.00 e. The van der Waals surface area contributed by atoms with E-state index in [1.54, 1.807) is 6.92 Å². The molecule has 16 heavy (non-hydrogen) atoms. The van der Waals surface area contributed by atoms with E-state index in [-0.39, 0.29) is 51.5 Å². The minimum Gasteiger partial charge on any atom is -1.00 e. The van der Waals surface area contributed by atoms with Gasteiger partial charge in [-0.2, -0.15) is 6.07 Å². The first kappa shape index (κ1) is 18.2. The Morgan fingerprint density at radius 2 is 2.00 bits per heavy atom. The maximum Gasteiger partial charge on any atom is 2.00 e. The molecule has 0 aromatic heterocycles. The molecular weight excluding hydrogens is 301 g/mol. The first-order valence-electron chi connectivity index (χ1n) is 3.91. The van der Waals surface area contributed by atoms with Crippen LogP contribution in [0.2, 0.25) is 0 Å². The first-order chi connectivity index (χ1) is 6.51. The summed E-state index contributed by atoms with van der Waals surface area (Å²) in [6.45, 7) is 2.09. The fraction of sp³-hybridized carbons (Fsp3) is 0.333. The van der Waals surface area contributed by atoms with Gasteiger partial charge < -0.3 is 26.5 Å². The minimum absolute atomic E-state index is 0. The van der Waals surface area contributed by atoms with Crippen molar-refractivity contribution in [2.75, 3.05) is 6.61 Å². The third kappa shape index (κ3) is 7.18. The van der Waals surface area contributed by atoms with Crippen LogP contribution in [0.15, 0.2) is 18.2 Å². The van der Waals surface area contributed by atoms with Crippen molar-refractivity contribution in [2.45, 2.75) is 13.3 Å². The number of rotatable bonds is 3. The van der Waals surface area contributed by atoms with Crippen LogP contribution in [0.4, 0.5) is 13.2 Å². The molecule has 1 aromatic rings. The summed E-state index contributed by atoms with van der Waals surface area (Å²) in [4.78, 5) is 0. The van der Waals surface area contributed by atoms with E-state index in [1.165, 1.54) is 6.07 Å². The van der Waals surface area contributed by atoms with Crippen LogP contribution in [-0.4, -0.2) is 36.0 Å². The van der Waals surface area contributed by atoms with Gasteiger partial charge in [0.1, 0.15) is 0 Å². The van der Waals surface area contributed by atoms with Crippen LogP contribution in [0.3, 0.4) is 0 Å². The molecular formula is C9H8BrF3MgO2. The summed E-state index contributed by atoms with van der Waals surface area (Å²) in [7, 11) is 0. The van der Waals surface area contributed by atoms with Gasteiger partial charge in [0.25, 0.3) is 0 Å². The summed E-state index contributed by atoms with van der Waals surface area (Å²) in [6.07, 6.45) is -4.68. The van der Waals surface area contributed by atoms with Crippen molar-refractivity contribution < 1.29 is 39.6 Å². The summed E-state index contributed by atoms with van der Waals surface area (Å²) in [6, 6.07) is 6.24. The van der Waals surface area contributed by atoms with Crippen molar-refractivity contribution in [1.82, 2.24) is 0 Å². The molecule has 0 aliphatic rings. The molecule has 2 nitrogen and oxygen atoms in total. The molecule has 1 rings (SSSR count). The smallest absolute Gasteiger partial charge is 1.00 e. The fourth-order valence-electron chi connectivity index (χ4n) is 0.861. The van der Waals surface area contributed by atoms with Crippen molar-refractivity contribution in [3.8, 4) is 11.5 Å². The number of alkyl halides is 3. The van der Waals surface area contributed by atoms with E-state index >= 15 is 0 Å². The molecule has 0 N–H and O–H groups in total. The van der Waals surface area contributed by atoms with Crippen molar-refractivity contribution >= 4 is 23.1 Å². The van der Waals surface area contributed by atoms with Crippen LogP contribution in [0.1, 0.15) is 6.92 Å². The fourth-order valence-corrected chi connectivity index (χ4v) is 0.861. The molecule has 0 fully saturated rings. The molecule has 0 heterocycles. The molecule has 0 aliphatic heterocycles. The average Bonchev–Trinajstić information content (AvgIpc) is 2.02. The van der Waals surface area contributed by atoms with Gasteiger partial charge in [0, 0.05) is 11.5 Å². The molecule has 0 bridgehead atoms. The van der Waals surface area contributed by atoms with Crippen LogP contribution in [0, 0.1) is 6.07 Å². The zero-order chi connectivity index (χ0) is 10.6. The monoisotopic (exact) mass is 308 g/mol. The van der Waals surface area contributed by atoms with Crippen LogP contribution in [0.25, 0.3) is 0 Å². The molecule has 0 aliphatic carbocycles. The van der Waals surface area contributed by atoms with E-state index in [0.29, 0.717) is 6.61 Å². The van der Waals surface area contributed by atoms with Gasteiger partial charge in [-0.15, -0.1) is 25.3 Å². The third-order valence-electron chi connectivity index (χ3n) is 1.28. The normalized spacial score (nSPS) is 9.75. The summed E-state index contributed by atoms with van der Waals surface area (Å²) in [5.41, 5.74) is 0. The molecule has 0 unspecified atom stereocenters. The number of halogens is 4. The topological polar surface area (TPSA) is 18.5 Å². The van der Waals surface area contributed by atoms with Crippen LogP contribution in [-0.2, 0) is 0 Å². The van der Waals surface area contributed by atoms with Crippen molar-refractivity contribution in [3.63, 3.8) is 0 Å². The van der Waals surface area contributed by atoms with Crippen LogP contribution < -0.4 is 26.5 Å². The van der Waals surface area contributed by atoms with Crippen molar-refractivity contribution in [2.24, 2.45) is 0 Å². The van der Waals surface area contributed by atoms with Crippen LogP contribution >= 0.6 is 0 Å². The van der Waals surface area contributed by atoms with Gasteiger partial charge in [0.2, 0.25) is 0 Å². The number of benzene rings is 1. The van der Waals surface area contributed by atoms with Gasteiger partial charge in [-0.25, -0.2) is 0 Å². The average molecular weight is 309 g/mol. The maximum absolute atomic E-state index is 11.8. The Morgan fingerprint density at radius 1 is 1.38 bits per heavy atom. The second-order valence-electron chi connectivity index (χ2n) is 2.37. The second kappa shape index (κ2) is 8.02. The van der Waals surface area contributed by atoms with E-state index in [1.807, 2.05) is 0 Å². The first-order valence-corrected chi connectivity index (χ1v) is 3.91. The Balaban J connectivity index is 0. The Hall–Kier alpha value is -0.144. The summed E-state index contributed by atoms with van der Waals surface area (Å²) < 4.78 is 44.0. The summed E-state index contributed by atoms with van der Waals surface area (Å²) in [5, 5.41) is 0. The van der Waals surface area contributed by atoms with Gasteiger partial charge in [-0.05, 0) is 6.92 Å². The molecule has 7 heteroatoms. The predicted molar refractivity (Wildman–Crippen MR) is 48.9 cm³/mol. The summed E-state index contributed by atoms with van der Waals surface area (Å²) >= 11 is 0. The van der Waals surface area contributed by atoms with E-state index in [2.05, 4.69) is 10.8 Å². The van der Waals surface area contributed by atoms with Crippen LogP contribution in [0.5, 0.6) is 11.5 Å². The molecule has 1 aromatic carbocycles. The molecule has 0 amide bonds. The number of ether oxygens (including phenoxy) is 2. The molecule has 0 saturated heterocycles. The quantitative estimate of drug-likeness (QED) is 0.549. The summed E-state index contributed by atoms with van der Waals surface area (Å²) in [5.74, 6) is -0.0750. The Morgan fingerprint density at radius 3 is 2.50 bits per heavy atom. The Bertz CT molecular complexity index is 307. The van der Waals surface area contributed by atoms with E-state index < -0.39 is 6.36 Å². The molecule has 0 atom stereocenters. The maximum atomic E-state index is 11.8.